The molecule has 0 radical (unpaired) electrons. The van der Waals surface area contributed by atoms with Crippen LogP contribution in [0.4, 0.5) is 5.69 Å². The molecular weight excluding hydrogens is 298 g/mol. The summed E-state index contributed by atoms with van der Waals surface area (Å²) in [4.78, 5) is 6.12. The summed E-state index contributed by atoms with van der Waals surface area (Å²) in [5.41, 5.74) is 2.06. The smallest absolute Gasteiger partial charge is 0.231 e. The van der Waals surface area contributed by atoms with Crippen LogP contribution < -0.4 is 14.8 Å². The molecule has 2 heterocycles. The van der Waals surface area contributed by atoms with Crippen molar-refractivity contribution < 1.29 is 9.47 Å². The maximum absolute atomic E-state index is 5.51. The van der Waals surface area contributed by atoms with Gasteiger partial charge in [0.05, 0.1) is 0 Å². The Balaban J connectivity index is 1.67. The maximum Gasteiger partial charge on any atom is 0.231 e. The number of anilines is 1. The van der Waals surface area contributed by atoms with Gasteiger partial charge in [0, 0.05) is 37.2 Å². The maximum atomic E-state index is 5.51. The van der Waals surface area contributed by atoms with Gasteiger partial charge in [-0.05, 0) is 49.0 Å². The summed E-state index contributed by atoms with van der Waals surface area (Å²) in [5, 5.41) is 3.93. The number of nitrogens with one attached hydrogen (secondary N) is 1. The number of nitrogens with zero attached hydrogens (tertiary/aromatic N) is 2. The second kappa shape index (κ2) is 6.62. The van der Waals surface area contributed by atoms with E-state index >= 15 is 0 Å². The highest BCUT2D eigenvalue weighted by Gasteiger charge is 2.15. The summed E-state index contributed by atoms with van der Waals surface area (Å²) in [6.07, 6.45) is 3.58. The lowest BCUT2D eigenvalue weighted by molar-refractivity contribution is 0.174. The van der Waals surface area contributed by atoms with Gasteiger partial charge in [-0.1, -0.05) is 0 Å². The molecule has 1 aromatic heterocycles. The summed E-state index contributed by atoms with van der Waals surface area (Å²) in [6, 6.07) is 9.69. The fraction of sp³-hybridized carbons (Fsp3) is 0.250. The highest BCUT2D eigenvalue weighted by molar-refractivity contribution is 7.80. The van der Waals surface area contributed by atoms with Crippen molar-refractivity contribution in [3.05, 3.63) is 48.3 Å². The first-order valence-corrected chi connectivity index (χ1v) is 7.51. The minimum atomic E-state index is 0.270. The molecule has 0 aliphatic carbocycles. The summed E-state index contributed by atoms with van der Waals surface area (Å²) >= 11 is 5.51. The molecule has 0 bridgehead atoms. The van der Waals surface area contributed by atoms with E-state index in [-0.39, 0.29) is 6.79 Å². The van der Waals surface area contributed by atoms with Crippen LogP contribution in [0.1, 0.15) is 12.5 Å². The van der Waals surface area contributed by atoms with Gasteiger partial charge in [-0.15, -0.1) is 0 Å². The van der Waals surface area contributed by atoms with E-state index in [9.17, 15) is 0 Å². The minimum Gasteiger partial charge on any atom is -0.454 e. The van der Waals surface area contributed by atoms with E-state index in [4.69, 9.17) is 21.7 Å². The zero-order valence-corrected chi connectivity index (χ0v) is 13.1. The molecule has 1 N–H and O–H groups in total. The Kier molecular flexibility index (Phi) is 4.39. The number of thiocarbonyl (C=S) groups is 1. The van der Waals surface area contributed by atoms with Crippen LogP contribution in [0.15, 0.2) is 42.7 Å². The third kappa shape index (κ3) is 3.28. The van der Waals surface area contributed by atoms with Crippen LogP contribution in [0.25, 0.3) is 0 Å². The van der Waals surface area contributed by atoms with Crippen LogP contribution in [0.3, 0.4) is 0 Å². The van der Waals surface area contributed by atoms with Crippen LogP contribution >= 0.6 is 12.2 Å². The lowest BCUT2D eigenvalue weighted by atomic mass is 10.2. The standard InChI is InChI=1S/C16H17N3O2S/c1-2-19(10-12-5-7-17-8-6-12)16(22)18-13-3-4-14-15(9-13)21-11-20-14/h3-9H,2,10-11H2,1H3,(H,18,22). The quantitative estimate of drug-likeness (QED) is 0.875. The second-order valence-corrected chi connectivity index (χ2v) is 5.25. The first-order valence-electron chi connectivity index (χ1n) is 7.10. The van der Waals surface area contributed by atoms with Crippen molar-refractivity contribution in [3.63, 3.8) is 0 Å². The van der Waals surface area contributed by atoms with Crippen LogP contribution in [0.2, 0.25) is 0 Å². The summed E-state index contributed by atoms with van der Waals surface area (Å²) in [6.45, 7) is 3.91. The number of hydrogen-bond acceptors (Lipinski definition) is 4. The summed E-state index contributed by atoms with van der Waals surface area (Å²) < 4.78 is 10.7. The molecule has 1 aromatic carbocycles. The third-order valence-corrected chi connectivity index (χ3v) is 3.78. The molecule has 0 amide bonds. The van der Waals surface area contributed by atoms with Crippen molar-refractivity contribution in [3.8, 4) is 11.5 Å². The van der Waals surface area contributed by atoms with E-state index in [1.807, 2.05) is 30.3 Å². The number of benzene rings is 1. The normalized spacial score (nSPS) is 12.0. The monoisotopic (exact) mass is 315 g/mol. The molecule has 0 fully saturated rings. The van der Waals surface area contributed by atoms with Crippen molar-refractivity contribution >= 4 is 23.0 Å². The van der Waals surface area contributed by atoms with Crippen LogP contribution in [0, 0.1) is 0 Å². The SMILES string of the molecule is CCN(Cc1ccncc1)C(=S)Nc1ccc2c(c1)OCO2. The Morgan fingerprint density at radius 1 is 1.23 bits per heavy atom. The van der Waals surface area contributed by atoms with Gasteiger partial charge in [0.2, 0.25) is 6.79 Å². The number of hydrogen-bond donors (Lipinski definition) is 1. The van der Waals surface area contributed by atoms with E-state index < -0.39 is 0 Å². The van der Waals surface area contributed by atoms with Crippen molar-refractivity contribution in [2.24, 2.45) is 0 Å². The van der Waals surface area contributed by atoms with Crippen LogP contribution in [-0.4, -0.2) is 28.3 Å². The van der Waals surface area contributed by atoms with E-state index in [0.717, 1.165) is 30.3 Å². The summed E-state index contributed by atoms with van der Waals surface area (Å²) in [5.74, 6) is 1.51. The minimum absolute atomic E-state index is 0.270. The lowest BCUT2D eigenvalue weighted by Crippen LogP contribution is -2.34. The highest BCUT2D eigenvalue weighted by Crippen LogP contribution is 2.34. The molecule has 0 unspecified atom stereocenters. The van der Waals surface area contributed by atoms with Crippen molar-refractivity contribution in [1.29, 1.82) is 0 Å². The van der Waals surface area contributed by atoms with Crippen LogP contribution in [0.5, 0.6) is 11.5 Å². The molecule has 0 atom stereocenters. The fourth-order valence-electron chi connectivity index (χ4n) is 2.21. The Hall–Kier alpha value is -2.34. The van der Waals surface area contributed by atoms with Crippen molar-refractivity contribution in [2.45, 2.75) is 13.5 Å². The topological polar surface area (TPSA) is 46.6 Å². The van der Waals surface area contributed by atoms with E-state index in [2.05, 4.69) is 22.1 Å². The summed E-state index contributed by atoms with van der Waals surface area (Å²) in [7, 11) is 0. The van der Waals surface area contributed by atoms with E-state index in [1.54, 1.807) is 12.4 Å². The largest absolute Gasteiger partial charge is 0.454 e. The molecule has 6 heteroatoms. The lowest BCUT2D eigenvalue weighted by Gasteiger charge is -2.24. The van der Waals surface area contributed by atoms with Gasteiger partial charge in [0.25, 0.3) is 0 Å². The molecule has 1 aliphatic rings. The van der Waals surface area contributed by atoms with Gasteiger partial charge in [0.15, 0.2) is 16.6 Å². The zero-order valence-electron chi connectivity index (χ0n) is 12.3. The molecule has 0 saturated carbocycles. The molecular formula is C16H17N3O2S. The number of aromatic nitrogens is 1. The van der Waals surface area contributed by atoms with Gasteiger partial charge < -0.3 is 19.7 Å². The predicted octanol–water partition coefficient (Wildman–Crippen LogP) is 3.03. The third-order valence-electron chi connectivity index (χ3n) is 3.42. The van der Waals surface area contributed by atoms with Gasteiger partial charge in [-0.25, -0.2) is 0 Å². The van der Waals surface area contributed by atoms with Gasteiger partial charge in [-0.2, -0.15) is 0 Å². The molecule has 2 aromatic rings. The zero-order chi connectivity index (χ0) is 15.4. The average molecular weight is 315 g/mol. The Morgan fingerprint density at radius 3 is 2.77 bits per heavy atom. The molecule has 5 nitrogen and oxygen atoms in total. The molecule has 0 saturated heterocycles. The van der Waals surface area contributed by atoms with Crippen molar-refractivity contribution in [2.75, 3.05) is 18.7 Å². The second-order valence-electron chi connectivity index (χ2n) is 4.87. The number of rotatable bonds is 4. The average Bonchev–Trinajstić information content (AvgIpc) is 3.01. The first kappa shape index (κ1) is 14.6. The number of fused-ring (bicyclic) bond motifs is 1. The Labute approximate surface area is 134 Å². The molecule has 0 spiro atoms. The fourth-order valence-corrected chi connectivity index (χ4v) is 2.52. The molecule has 22 heavy (non-hydrogen) atoms. The number of pyridine rings is 1. The molecule has 114 valence electrons. The van der Waals surface area contributed by atoms with Gasteiger partial charge in [-0.3, -0.25) is 4.98 Å². The highest BCUT2D eigenvalue weighted by atomic mass is 32.1. The van der Waals surface area contributed by atoms with Gasteiger partial charge in [0.1, 0.15) is 0 Å². The molecule has 1 aliphatic heterocycles. The predicted molar refractivity (Wildman–Crippen MR) is 89.1 cm³/mol. The first-order chi connectivity index (χ1) is 10.8. The molecule has 3 rings (SSSR count). The van der Waals surface area contributed by atoms with E-state index in [0.29, 0.717) is 5.11 Å². The van der Waals surface area contributed by atoms with E-state index in [1.165, 1.54) is 5.56 Å². The Bertz CT molecular complexity index is 664. The Morgan fingerprint density at radius 2 is 2.00 bits per heavy atom. The number of ether oxygens (including phenoxy) is 2. The van der Waals surface area contributed by atoms with Crippen LogP contribution in [-0.2, 0) is 6.54 Å². The van der Waals surface area contributed by atoms with Crippen molar-refractivity contribution in [1.82, 2.24) is 9.88 Å². The van der Waals surface area contributed by atoms with Gasteiger partial charge >= 0.3 is 0 Å².